The first-order chi connectivity index (χ1) is 10.2. The van der Waals surface area contributed by atoms with Gasteiger partial charge in [-0.3, -0.25) is 0 Å². The summed E-state index contributed by atoms with van der Waals surface area (Å²) in [7, 11) is 1.75. The minimum absolute atomic E-state index is 0.519. The highest BCUT2D eigenvalue weighted by atomic mass is 16.5. The van der Waals surface area contributed by atoms with Crippen LogP contribution in [-0.2, 0) is 6.42 Å². The normalized spacial score (nSPS) is 23.5. The molecule has 1 aromatic carbocycles. The summed E-state index contributed by atoms with van der Waals surface area (Å²) in [5, 5.41) is 3.90. The molecule has 116 valence electrons. The molecule has 0 radical (unpaired) electrons. The monoisotopic (exact) mass is 288 g/mol. The van der Waals surface area contributed by atoms with Crippen molar-refractivity contribution in [1.82, 2.24) is 10.2 Å². The lowest BCUT2D eigenvalue weighted by molar-refractivity contribution is 0.156. The van der Waals surface area contributed by atoms with Crippen molar-refractivity contribution >= 4 is 0 Å². The third-order valence-corrected chi connectivity index (χ3v) is 5.13. The van der Waals surface area contributed by atoms with E-state index in [-0.39, 0.29) is 0 Å². The molecule has 1 N–H and O–H groups in total. The number of ether oxygens (including phenoxy) is 1. The van der Waals surface area contributed by atoms with Gasteiger partial charge >= 0.3 is 0 Å². The predicted octanol–water partition coefficient (Wildman–Crippen LogP) is 3.14. The molecular weight excluding hydrogens is 260 g/mol. The van der Waals surface area contributed by atoms with Crippen molar-refractivity contribution in [1.29, 1.82) is 0 Å². The molecule has 1 unspecified atom stereocenters. The molecule has 3 nitrogen and oxygen atoms in total. The molecule has 1 aliphatic carbocycles. The van der Waals surface area contributed by atoms with Gasteiger partial charge in [0.25, 0.3) is 0 Å². The Balaban J connectivity index is 1.61. The summed E-state index contributed by atoms with van der Waals surface area (Å²) in [5.74, 6) is 0.983. The number of likely N-dealkylation sites (tertiary alicyclic amines) is 1. The molecule has 21 heavy (non-hydrogen) atoms. The quantitative estimate of drug-likeness (QED) is 0.921. The number of rotatable bonds is 4. The van der Waals surface area contributed by atoms with E-state index < -0.39 is 0 Å². The van der Waals surface area contributed by atoms with Gasteiger partial charge in [0.05, 0.1) is 7.11 Å². The van der Waals surface area contributed by atoms with E-state index in [0.717, 1.165) is 5.75 Å². The molecule has 1 saturated heterocycles. The van der Waals surface area contributed by atoms with Gasteiger partial charge in [-0.05, 0) is 75.9 Å². The van der Waals surface area contributed by atoms with E-state index in [1.54, 1.807) is 7.11 Å². The third kappa shape index (κ3) is 3.24. The van der Waals surface area contributed by atoms with Crippen LogP contribution >= 0.6 is 0 Å². The number of fused-ring (bicyclic) bond motifs is 1. The van der Waals surface area contributed by atoms with Gasteiger partial charge in [-0.2, -0.15) is 0 Å². The van der Waals surface area contributed by atoms with E-state index in [2.05, 4.69) is 42.3 Å². The van der Waals surface area contributed by atoms with E-state index in [1.165, 1.54) is 49.9 Å². The highest BCUT2D eigenvalue weighted by molar-refractivity contribution is 5.40. The Hall–Kier alpha value is -1.06. The average molecular weight is 288 g/mol. The lowest BCUT2D eigenvalue weighted by Gasteiger charge is -2.36. The molecule has 1 atom stereocenters. The average Bonchev–Trinajstić information content (AvgIpc) is 2.90. The van der Waals surface area contributed by atoms with Crippen LogP contribution in [0.25, 0.3) is 0 Å². The Bertz CT molecular complexity index is 478. The van der Waals surface area contributed by atoms with Crippen LogP contribution in [0.2, 0.25) is 0 Å². The first-order valence-electron chi connectivity index (χ1n) is 8.34. The van der Waals surface area contributed by atoms with Gasteiger partial charge in [0.2, 0.25) is 0 Å². The SMILES string of the molecule is COc1ccc2c(c1)C(NC1CCN(C(C)C)CC1)CC2. The summed E-state index contributed by atoms with van der Waals surface area (Å²) in [6, 6.07) is 8.42. The molecule has 0 saturated carbocycles. The maximum absolute atomic E-state index is 5.38. The number of hydrogen-bond acceptors (Lipinski definition) is 3. The van der Waals surface area contributed by atoms with Crippen LogP contribution in [0.1, 0.15) is 50.3 Å². The Morgan fingerprint density at radius 3 is 2.62 bits per heavy atom. The first-order valence-corrected chi connectivity index (χ1v) is 8.34. The van der Waals surface area contributed by atoms with Crippen LogP contribution in [0.3, 0.4) is 0 Å². The van der Waals surface area contributed by atoms with Crippen LogP contribution < -0.4 is 10.1 Å². The Labute approximate surface area is 128 Å². The number of nitrogens with zero attached hydrogens (tertiary/aromatic N) is 1. The van der Waals surface area contributed by atoms with Crippen LogP contribution in [0.15, 0.2) is 18.2 Å². The molecule has 1 heterocycles. The van der Waals surface area contributed by atoms with Gasteiger partial charge in [-0.15, -0.1) is 0 Å². The van der Waals surface area contributed by atoms with Crippen molar-refractivity contribution in [2.75, 3.05) is 20.2 Å². The largest absolute Gasteiger partial charge is 0.497 e. The topological polar surface area (TPSA) is 24.5 Å². The Morgan fingerprint density at radius 2 is 1.95 bits per heavy atom. The molecule has 3 heteroatoms. The summed E-state index contributed by atoms with van der Waals surface area (Å²) in [6.45, 7) is 7.06. The zero-order valence-electron chi connectivity index (χ0n) is 13.6. The van der Waals surface area contributed by atoms with E-state index in [0.29, 0.717) is 18.1 Å². The maximum Gasteiger partial charge on any atom is 0.119 e. The maximum atomic E-state index is 5.38. The predicted molar refractivity (Wildman–Crippen MR) is 86.9 cm³/mol. The minimum Gasteiger partial charge on any atom is -0.497 e. The van der Waals surface area contributed by atoms with Gasteiger partial charge < -0.3 is 15.0 Å². The van der Waals surface area contributed by atoms with Gasteiger partial charge in [-0.1, -0.05) is 6.07 Å². The highest BCUT2D eigenvalue weighted by Gasteiger charge is 2.27. The fourth-order valence-corrected chi connectivity index (χ4v) is 3.75. The molecule has 1 aliphatic heterocycles. The van der Waals surface area contributed by atoms with Crippen LogP contribution in [0.5, 0.6) is 5.75 Å². The second kappa shape index (κ2) is 6.37. The van der Waals surface area contributed by atoms with Crippen LogP contribution in [0.4, 0.5) is 0 Å². The van der Waals surface area contributed by atoms with Crippen molar-refractivity contribution in [2.24, 2.45) is 0 Å². The smallest absolute Gasteiger partial charge is 0.119 e. The standard InChI is InChI=1S/C18H28N2O/c1-13(2)20-10-8-15(9-11-20)19-18-7-5-14-4-6-16(21-3)12-17(14)18/h4,6,12-13,15,18-19H,5,7-11H2,1-3H3. The number of nitrogens with one attached hydrogen (secondary N) is 1. The van der Waals surface area contributed by atoms with Crippen LogP contribution in [0, 0.1) is 0 Å². The second-order valence-corrected chi connectivity index (χ2v) is 6.73. The van der Waals surface area contributed by atoms with Crippen molar-refractivity contribution < 1.29 is 4.74 Å². The van der Waals surface area contributed by atoms with E-state index >= 15 is 0 Å². The molecule has 0 bridgehead atoms. The van der Waals surface area contributed by atoms with Crippen molar-refractivity contribution in [3.8, 4) is 5.75 Å². The third-order valence-electron chi connectivity index (χ3n) is 5.13. The van der Waals surface area contributed by atoms with Gasteiger partial charge in [0.1, 0.15) is 5.75 Å². The molecule has 0 aromatic heterocycles. The first kappa shape index (κ1) is 14.9. The Kier molecular flexibility index (Phi) is 4.51. The minimum atomic E-state index is 0.519. The second-order valence-electron chi connectivity index (χ2n) is 6.73. The summed E-state index contributed by atoms with van der Waals surface area (Å²) >= 11 is 0. The fourth-order valence-electron chi connectivity index (χ4n) is 3.75. The number of methoxy groups -OCH3 is 1. The zero-order valence-corrected chi connectivity index (χ0v) is 13.6. The molecule has 0 amide bonds. The summed E-state index contributed by atoms with van der Waals surface area (Å²) < 4.78 is 5.38. The van der Waals surface area contributed by atoms with Gasteiger partial charge in [0, 0.05) is 18.1 Å². The number of benzene rings is 1. The highest BCUT2D eigenvalue weighted by Crippen LogP contribution is 2.34. The summed E-state index contributed by atoms with van der Waals surface area (Å²) in [5.41, 5.74) is 2.95. The molecule has 1 aromatic rings. The number of aryl methyl sites for hydroxylation is 1. The molecule has 1 fully saturated rings. The Morgan fingerprint density at radius 1 is 1.19 bits per heavy atom. The zero-order chi connectivity index (χ0) is 14.8. The molecular formula is C18H28N2O. The van der Waals surface area contributed by atoms with E-state index in [4.69, 9.17) is 4.74 Å². The lowest BCUT2D eigenvalue weighted by Crippen LogP contribution is -2.45. The summed E-state index contributed by atoms with van der Waals surface area (Å²) in [6.07, 6.45) is 4.97. The van der Waals surface area contributed by atoms with Crippen molar-refractivity contribution in [3.63, 3.8) is 0 Å². The van der Waals surface area contributed by atoms with E-state index in [1.807, 2.05) is 0 Å². The summed E-state index contributed by atoms with van der Waals surface area (Å²) in [4.78, 5) is 2.59. The van der Waals surface area contributed by atoms with Crippen molar-refractivity contribution in [3.05, 3.63) is 29.3 Å². The van der Waals surface area contributed by atoms with Gasteiger partial charge in [-0.25, -0.2) is 0 Å². The van der Waals surface area contributed by atoms with Gasteiger partial charge in [0.15, 0.2) is 0 Å². The number of piperidine rings is 1. The molecule has 0 spiro atoms. The fraction of sp³-hybridized carbons (Fsp3) is 0.667. The number of hydrogen-bond donors (Lipinski definition) is 1. The van der Waals surface area contributed by atoms with E-state index in [9.17, 15) is 0 Å². The lowest BCUT2D eigenvalue weighted by atomic mass is 10.0. The van der Waals surface area contributed by atoms with Crippen molar-refractivity contribution in [2.45, 2.75) is 57.7 Å². The molecule has 3 rings (SSSR count). The van der Waals surface area contributed by atoms with Crippen LogP contribution in [-0.4, -0.2) is 37.2 Å². The molecule has 2 aliphatic rings.